The Morgan fingerprint density at radius 3 is 2.57 bits per heavy atom. The number of thioether (sulfide) groups is 1. The number of aliphatic carboxylic acids is 1. The summed E-state index contributed by atoms with van der Waals surface area (Å²) in [4.78, 5) is 61.4. The maximum Gasteiger partial charge on any atom is 0.332 e. The quantitative estimate of drug-likeness (QED) is 0.623. The van der Waals surface area contributed by atoms with E-state index in [4.69, 9.17) is 0 Å². The summed E-state index contributed by atoms with van der Waals surface area (Å²) in [5.74, 6) is -2.98. The number of carboxylic acids is 1. The van der Waals surface area contributed by atoms with Crippen molar-refractivity contribution >= 4 is 40.6 Å². The Morgan fingerprint density at radius 2 is 1.93 bits per heavy atom. The number of amides is 3. The van der Waals surface area contributed by atoms with Gasteiger partial charge < -0.3 is 10.4 Å². The Labute approximate surface area is 177 Å². The summed E-state index contributed by atoms with van der Waals surface area (Å²) in [7, 11) is 0. The maximum absolute atomic E-state index is 12.9. The van der Waals surface area contributed by atoms with Crippen LogP contribution in [0.25, 0.3) is 0 Å². The van der Waals surface area contributed by atoms with E-state index in [1.807, 2.05) is 30.3 Å². The van der Waals surface area contributed by atoms with Gasteiger partial charge in [-0.3, -0.25) is 19.2 Å². The highest BCUT2D eigenvalue weighted by molar-refractivity contribution is 8.14. The van der Waals surface area contributed by atoms with Gasteiger partial charge >= 0.3 is 5.97 Å². The first-order valence-corrected chi connectivity index (χ1v) is 10.2. The van der Waals surface area contributed by atoms with Gasteiger partial charge in [0.2, 0.25) is 11.8 Å². The van der Waals surface area contributed by atoms with Gasteiger partial charge in [0.15, 0.2) is 11.2 Å². The van der Waals surface area contributed by atoms with Crippen molar-refractivity contribution in [2.24, 2.45) is 0 Å². The van der Waals surface area contributed by atoms with Crippen LogP contribution in [0.1, 0.15) is 18.9 Å². The van der Waals surface area contributed by atoms with Gasteiger partial charge in [0.25, 0.3) is 5.91 Å². The Morgan fingerprint density at radius 1 is 1.23 bits per heavy atom. The monoisotopic (exact) mass is 431 g/mol. The fourth-order valence-corrected chi connectivity index (χ4v) is 4.25. The van der Waals surface area contributed by atoms with E-state index in [1.54, 1.807) is 0 Å². The van der Waals surface area contributed by atoms with Gasteiger partial charge in [-0.2, -0.15) is 0 Å². The molecule has 0 aromatic heterocycles. The normalized spacial score (nSPS) is 21.8. The minimum Gasteiger partial charge on any atom is -0.479 e. The largest absolute Gasteiger partial charge is 0.479 e. The zero-order valence-electron chi connectivity index (χ0n) is 16.2. The summed E-state index contributed by atoms with van der Waals surface area (Å²) in [5.41, 5.74) is 0.843. The molecule has 0 spiro atoms. The van der Waals surface area contributed by atoms with Gasteiger partial charge in [-0.05, 0) is 12.0 Å². The molecule has 30 heavy (non-hydrogen) atoms. The highest BCUT2D eigenvalue weighted by Gasteiger charge is 2.46. The van der Waals surface area contributed by atoms with E-state index in [0.29, 0.717) is 0 Å². The molecule has 0 aliphatic carbocycles. The molecule has 0 radical (unpaired) electrons. The molecule has 1 aromatic carbocycles. The molecule has 1 aromatic rings. The summed E-state index contributed by atoms with van der Waals surface area (Å²) in [6.45, 7) is 1.44. The number of carbonyl (C=O) groups is 5. The Balaban J connectivity index is 1.77. The zero-order valence-corrected chi connectivity index (χ0v) is 17.0. The zero-order chi connectivity index (χ0) is 21.8. The molecule has 2 aliphatic rings. The average Bonchev–Trinajstić information content (AvgIpc) is 2.71. The number of rotatable bonds is 6. The molecule has 9 nitrogen and oxygen atoms in total. The molecule has 0 saturated carbocycles. The number of carbonyl (C=O) groups excluding carboxylic acids is 4. The van der Waals surface area contributed by atoms with Gasteiger partial charge in [-0.1, -0.05) is 54.2 Å². The molecule has 3 amide bonds. The maximum atomic E-state index is 12.9. The predicted molar refractivity (Wildman–Crippen MR) is 108 cm³/mol. The van der Waals surface area contributed by atoms with Crippen LogP contribution in [-0.2, 0) is 30.4 Å². The van der Waals surface area contributed by atoms with Gasteiger partial charge in [0.05, 0.1) is 18.2 Å². The molecule has 2 heterocycles. The highest BCUT2D eigenvalue weighted by atomic mass is 32.2. The number of hydrazine groups is 1. The van der Waals surface area contributed by atoms with Crippen LogP contribution in [0.5, 0.6) is 0 Å². The van der Waals surface area contributed by atoms with E-state index >= 15 is 0 Å². The smallest absolute Gasteiger partial charge is 0.332 e. The van der Waals surface area contributed by atoms with E-state index in [0.717, 1.165) is 27.3 Å². The van der Waals surface area contributed by atoms with Gasteiger partial charge in [-0.15, -0.1) is 0 Å². The second-order valence-electron chi connectivity index (χ2n) is 6.92. The molecule has 3 rings (SSSR count). The lowest BCUT2D eigenvalue weighted by Crippen LogP contribution is -2.67. The average molecular weight is 431 g/mol. The van der Waals surface area contributed by atoms with E-state index in [-0.39, 0.29) is 24.5 Å². The third-order valence-corrected chi connectivity index (χ3v) is 5.74. The van der Waals surface area contributed by atoms with Crippen LogP contribution in [0.3, 0.4) is 0 Å². The van der Waals surface area contributed by atoms with Crippen molar-refractivity contribution in [1.29, 1.82) is 0 Å². The first-order chi connectivity index (χ1) is 14.3. The van der Waals surface area contributed by atoms with Crippen molar-refractivity contribution in [3.63, 3.8) is 0 Å². The van der Waals surface area contributed by atoms with Crippen molar-refractivity contribution < 1.29 is 29.1 Å². The fourth-order valence-electron chi connectivity index (χ4n) is 3.40. The number of carboxylic acid groups (broad SMARTS) is 1. The summed E-state index contributed by atoms with van der Waals surface area (Å²) in [6, 6.07) is 6.60. The summed E-state index contributed by atoms with van der Waals surface area (Å²) in [5, 5.41) is 12.9. The van der Waals surface area contributed by atoms with Crippen LogP contribution in [0.2, 0.25) is 0 Å². The summed E-state index contributed by atoms with van der Waals surface area (Å²) in [6.07, 6.45) is 2.84. The molecule has 10 heteroatoms. The Bertz CT molecular complexity index is 903. The second-order valence-corrected chi connectivity index (χ2v) is 8.30. The Kier molecular flexibility index (Phi) is 6.56. The number of nitrogens with zero attached hydrogens (tertiary/aromatic N) is 2. The molecule has 1 unspecified atom stereocenters. The molecule has 0 bridgehead atoms. The van der Waals surface area contributed by atoms with E-state index < -0.39 is 41.0 Å². The third-order valence-electron chi connectivity index (χ3n) is 4.74. The van der Waals surface area contributed by atoms with Crippen LogP contribution in [0.4, 0.5) is 0 Å². The standard InChI is InChI=1S/C20H21N3O6S/c1-12(24)30-16(10-13-6-3-2-4-7-13)18(26)21-14-11-17(25)22-9-5-8-15(20(28)29)23(22)19(14)27/h2-8,14-16H,9-11H2,1H3,(H,21,26)(H,28,29)/t14?,15-,16-/m0/s1. The minimum absolute atomic E-state index is 0.0891. The third kappa shape index (κ3) is 4.70. The van der Waals surface area contributed by atoms with Crippen LogP contribution in [-0.4, -0.2) is 67.8 Å². The number of hydrogen-bond acceptors (Lipinski definition) is 6. The van der Waals surface area contributed by atoms with Crippen LogP contribution in [0, 0.1) is 0 Å². The molecule has 1 saturated heterocycles. The molecule has 2 N–H and O–H groups in total. The summed E-state index contributed by atoms with van der Waals surface area (Å²) < 4.78 is 0. The number of hydrogen-bond donors (Lipinski definition) is 2. The SMILES string of the molecule is CC(=O)S[C@@H](Cc1ccccc1)C(=O)NC1CC(=O)N2CC=C[C@@H](C(=O)O)N2C1=O. The first kappa shape index (κ1) is 21.6. The molecular weight excluding hydrogens is 410 g/mol. The van der Waals surface area contributed by atoms with Gasteiger partial charge in [0.1, 0.15) is 6.04 Å². The van der Waals surface area contributed by atoms with Crippen molar-refractivity contribution in [3.8, 4) is 0 Å². The van der Waals surface area contributed by atoms with Gasteiger partial charge in [0, 0.05) is 6.92 Å². The van der Waals surface area contributed by atoms with Crippen LogP contribution in [0.15, 0.2) is 42.5 Å². The number of fused-ring (bicyclic) bond motifs is 1. The molecule has 1 fully saturated rings. The van der Waals surface area contributed by atoms with Crippen LogP contribution < -0.4 is 5.32 Å². The van der Waals surface area contributed by atoms with Crippen molar-refractivity contribution in [2.45, 2.75) is 37.1 Å². The highest BCUT2D eigenvalue weighted by Crippen LogP contribution is 2.23. The van der Waals surface area contributed by atoms with E-state index in [1.165, 1.54) is 19.1 Å². The second kappa shape index (κ2) is 9.12. The van der Waals surface area contributed by atoms with E-state index in [2.05, 4.69) is 5.32 Å². The minimum atomic E-state index is -1.32. The first-order valence-electron chi connectivity index (χ1n) is 9.32. The molecule has 3 atom stereocenters. The van der Waals surface area contributed by atoms with Crippen LogP contribution >= 0.6 is 11.8 Å². The predicted octanol–water partition coefficient (Wildman–Crippen LogP) is 0.361. The summed E-state index contributed by atoms with van der Waals surface area (Å²) >= 11 is 0.845. The molecule has 2 aliphatic heterocycles. The lowest BCUT2D eigenvalue weighted by molar-refractivity contribution is -0.182. The fraction of sp³-hybridized carbons (Fsp3) is 0.350. The Hall–Kier alpha value is -3.14. The topological polar surface area (TPSA) is 124 Å². The van der Waals surface area contributed by atoms with Crippen molar-refractivity contribution in [1.82, 2.24) is 15.3 Å². The van der Waals surface area contributed by atoms with E-state index in [9.17, 15) is 29.1 Å². The molecular formula is C20H21N3O6S. The number of benzene rings is 1. The lowest BCUT2D eigenvalue weighted by Gasteiger charge is -2.44. The molecule has 158 valence electrons. The van der Waals surface area contributed by atoms with Crippen molar-refractivity contribution in [2.75, 3.05) is 6.54 Å². The van der Waals surface area contributed by atoms with Gasteiger partial charge in [-0.25, -0.2) is 14.8 Å². The lowest BCUT2D eigenvalue weighted by atomic mass is 10.0. The van der Waals surface area contributed by atoms with Crippen molar-refractivity contribution in [3.05, 3.63) is 48.0 Å². The number of nitrogens with one attached hydrogen (secondary N) is 1.